The maximum atomic E-state index is 13.0. The minimum absolute atomic E-state index is 0.0401. The van der Waals surface area contributed by atoms with E-state index in [1.54, 1.807) is 0 Å². The van der Waals surface area contributed by atoms with Crippen LogP contribution in [0.2, 0.25) is 0 Å². The Bertz CT molecular complexity index is 343. The summed E-state index contributed by atoms with van der Waals surface area (Å²) < 4.78 is 39.1. The van der Waals surface area contributed by atoms with Crippen molar-refractivity contribution in [1.82, 2.24) is 4.90 Å². The average molecular weight is 267 g/mol. The van der Waals surface area contributed by atoms with Crippen LogP contribution in [0.5, 0.6) is 0 Å². The summed E-state index contributed by atoms with van der Waals surface area (Å²) in [6.07, 6.45) is -4.36. The number of carbonyl (C=O) groups excluding carboxylic acids is 1. The van der Waals surface area contributed by atoms with E-state index in [1.807, 2.05) is 6.92 Å². The fourth-order valence-electron chi connectivity index (χ4n) is 2.26. The van der Waals surface area contributed by atoms with Gasteiger partial charge in [-0.25, -0.2) is 4.79 Å². The average Bonchev–Trinajstić information content (AvgIpc) is 2.70. The number of carboxylic acid groups (broad SMARTS) is 1. The zero-order chi connectivity index (χ0) is 14.0. The second-order valence-electron chi connectivity index (χ2n) is 4.42. The third kappa shape index (κ3) is 2.30. The van der Waals surface area contributed by atoms with Gasteiger partial charge in [0.25, 0.3) is 0 Å². The Kier molecular flexibility index (Phi) is 4.24. The number of amides is 1. The van der Waals surface area contributed by atoms with E-state index in [1.165, 1.54) is 0 Å². The minimum atomic E-state index is -4.95. The van der Waals surface area contributed by atoms with Crippen molar-refractivity contribution < 1.29 is 27.9 Å². The van der Waals surface area contributed by atoms with Crippen LogP contribution in [0.4, 0.5) is 13.2 Å². The summed E-state index contributed by atoms with van der Waals surface area (Å²) in [6, 6.07) is 0. The lowest BCUT2D eigenvalue weighted by Gasteiger charge is -2.36. The normalized spacial score (nSPS) is 24.3. The Hall–Kier alpha value is -1.27. The van der Waals surface area contributed by atoms with Crippen molar-refractivity contribution in [2.24, 2.45) is 0 Å². The van der Waals surface area contributed by atoms with Crippen LogP contribution in [0.1, 0.15) is 39.0 Å². The molecule has 0 bridgehead atoms. The number of nitrogens with zero attached hydrogens (tertiary/aromatic N) is 1. The maximum absolute atomic E-state index is 13.0. The van der Waals surface area contributed by atoms with Crippen molar-refractivity contribution in [3.05, 3.63) is 0 Å². The molecule has 104 valence electrons. The first-order valence-electron chi connectivity index (χ1n) is 5.88. The Morgan fingerprint density at radius 2 is 2.00 bits per heavy atom. The largest absolute Gasteiger partial charge is 0.479 e. The molecule has 0 aromatic rings. The number of halogens is 3. The second kappa shape index (κ2) is 5.16. The molecule has 1 aliphatic heterocycles. The van der Waals surface area contributed by atoms with Gasteiger partial charge in [0.1, 0.15) is 0 Å². The zero-order valence-corrected chi connectivity index (χ0v) is 10.1. The lowest BCUT2D eigenvalue weighted by Crippen LogP contribution is -2.62. The van der Waals surface area contributed by atoms with Gasteiger partial charge in [-0.15, -0.1) is 0 Å². The summed E-state index contributed by atoms with van der Waals surface area (Å²) in [4.78, 5) is 23.3. The first kappa shape index (κ1) is 14.8. The molecular formula is C11H16F3NO3. The van der Waals surface area contributed by atoms with Crippen LogP contribution in [0.25, 0.3) is 0 Å². The van der Waals surface area contributed by atoms with E-state index in [2.05, 4.69) is 0 Å². The van der Waals surface area contributed by atoms with E-state index in [4.69, 9.17) is 5.11 Å². The number of carboxylic acids is 1. The van der Waals surface area contributed by atoms with Gasteiger partial charge in [0.05, 0.1) is 0 Å². The van der Waals surface area contributed by atoms with Crippen LogP contribution in [0.15, 0.2) is 0 Å². The number of hydrogen-bond donors (Lipinski definition) is 1. The molecule has 1 aliphatic rings. The number of rotatable bonds is 4. The van der Waals surface area contributed by atoms with E-state index >= 15 is 0 Å². The van der Waals surface area contributed by atoms with Crippen LogP contribution in [0, 0.1) is 0 Å². The Balaban J connectivity index is 3.03. The highest BCUT2D eigenvalue weighted by atomic mass is 19.4. The van der Waals surface area contributed by atoms with Crippen molar-refractivity contribution in [1.29, 1.82) is 0 Å². The van der Waals surface area contributed by atoms with E-state index in [-0.39, 0.29) is 19.4 Å². The predicted octanol–water partition coefficient (Wildman–Crippen LogP) is 2.18. The smallest absolute Gasteiger partial charge is 0.422 e. The SMILES string of the molecule is CCCCC(=O)N1CCCC1(C(=O)O)C(F)(F)F. The quantitative estimate of drug-likeness (QED) is 0.849. The molecule has 1 fully saturated rings. The van der Waals surface area contributed by atoms with Crippen LogP contribution < -0.4 is 0 Å². The summed E-state index contributed by atoms with van der Waals surface area (Å²) in [7, 11) is 0. The molecule has 1 unspecified atom stereocenters. The molecule has 1 N–H and O–H groups in total. The maximum Gasteiger partial charge on any atom is 0.422 e. The van der Waals surface area contributed by atoms with Gasteiger partial charge < -0.3 is 10.0 Å². The number of unbranched alkanes of at least 4 members (excludes halogenated alkanes) is 1. The highest BCUT2D eigenvalue weighted by molar-refractivity contribution is 5.88. The molecule has 18 heavy (non-hydrogen) atoms. The van der Waals surface area contributed by atoms with Crippen molar-refractivity contribution in [3.63, 3.8) is 0 Å². The van der Waals surface area contributed by atoms with Crippen LogP contribution in [-0.4, -0.2) is 40.1 Å². The zero-order valence-electron chi connectivity index (χ0n) is 10.1. The molecule has 4 nitrogen and oxygen atoms in total. The predicted molar refractivity (Wildman–Crippen MR) is 56.9 cm³/mol. The molecule has 0 aromatic carbocycles. The fraction of sp³-hybridized carbons (Fsp3) is 0.818. The lowest BCUT2D eigenvalue weighted by molar-refractivity contribution is -0.230. The molecule has 1 rings (SSSR count). The number of alkyl halides is 3. The van der Waals surface area contributed by atoms with Gasteiger partial charge in [-0.1, -0.05) is 13.3 Å². The molecule has 0 saturated carbocycles. The van der Waals surface area contributed by atoms with Gasteiger partial charge >= 0.3 is 12.1 Å². The highest BCUT2D eigenvalue weighted by Gasteiger charge is 2.67. The standard InChI is InChI=1S/C11H16F3NO3/c1-2-3-5-8(16)15-7-4-6-10(15,9(17)18)11(12,13)14/h2-7H2,1H3,(H,17,18). The second-order valence-corrected chi connectivity index (χ2v) is 4.42. The monoisotopic (exact) mass is 267 g/mol. The van der Waals surface area contributed by atoms with Crippen molar-refractivity contribution >= 4 is 11.9 Å². The molecular weight excluding hydrogens is 251 g/mol. The summed E-state index contributed by atoms with van der Waals surface area (Å²) in [6.45, 7) is 1.67. The van der Waals surface area contributed by atoms with Gasteiger partial charge in [-0.2, -0.15) is 13.2 Å². The first-order valence-corrected chi connectivity index (χ1v) is 5.88. The highest BCUT2D eigenvalue weighted by Crippen LogP contribution is 2.43. The first-order chi connectivity index (χ1) is 8.27. The molecule has 0 radical (unpaired) electrons. The summed E-state index contributed by atoms with van der Waals surface area (Å²) in [5.41, 5.74) is -3.03. The molecule has 0 aromatic heterocycles. The van der Waals surface area contributed by atoms with Gasteiger partial charge in [0.15, 0.2) is 0 Å². The molecule has 1 amide bonds. The molecule has 7 heteroatoms. The van der Waals surface area contributed by atoms with E-state index < -0.39 is 30.0 Å². The summed E-state index contributed by atoms with van der Waals surface area (Å²) in [5, 5.41) is 8.93. The Labute approximate surface area is 103 Å². The number of carbonyl (C=O) groups is 2. The topological polar surface area (TPSA) is 57.6 Å². The van der Waals surface area contributed by atoms with Crippen molar-refractivity contribution in [2.75, 3.05) is 6.54 Å². The molecule has 1 saturated heterocycles. The fourth-order valence-corrected chi connectivity index (χ4v) is 2.26. The third-order valence-corrected chi connectivity index (χ3v) is 3.25. The van der Waals surface area contributed by atoms with Gasteiger partial charge in [-0.3, -0.25) is 4.79 Å². The van der Waals surface area contributed by atoms with Crippen LogP contribution in [0.3, 0.4) is 0 Å². The molecule has 0 aliphatic carbocycles. The van der Waals surface area contributed by atoms with Gasteiger partial charge in [0.2, 0.25) is 11.4 Å². The van der Waals surface area contributed by atoms with Crippen LogP contribution >= 0.6 is 0 Å². The molecule has 1 heterocycles. The van der Waals surface area contributed by atoms with Crippen molar-refractivity contribution in [2.45, 2.75) is 50.7 Å². The Morgan fingerprint density at radius 3 is 2.44 bits per heavy atom. The number of hydrogen-bond acceptors (Lipinski definition) is 2. The molecule has 0 spiro atoms. The Morgan fingerprint density at radius 1 is 1.39 bits per heavy atom. The summed E-state index contributed by atoms with van der Waals surface area (Å²) in [5.74, 6) is -2.72. The summed E-state index contributed by atoms with van der Waals surface area (Å²) >= 11 is 0. The third-order valence-electron chi connectivity index (χ3n) is 3.25. The number of likely N-dealkylation sites (tertiary alicyclic amines) is 1. The number of aliphatic carboxylic acids is 1. The minimum Gasteiger partial charge on any atom is -0.479 e. The van der Waals surface area contributed by atoms with Crippen LogP contribution in [-0.2, 0) is 9.59 Å². The van der Waals surface area contributed by atoms with Gasteiger partial charge in [-0.05, 0) is 19.3 Å². The lowest BCUT2D eigenvalue weighted by atomic mass is 9.95. The molecule has 1 atom stereocenters. The van der Waals surface area contributed by atoms with E-state index in [0.29, 0.717) is 17.7 Å². The van der Waals surface area contributed by atoms with Crippen molar-refractivity contribution in [3.8, 4) is 0 Å². The van der Waals surface area contributed by atoms with Gasteiger partial charge in [0, 0.05) is 13.0 Å². The van der Waals surface area contributed by atoms with E-state index in [9.17, 15) is 22.8 Å². The van der Waals surface area contributed by atoms with E-state index in [0.717, 1.165) is 0 Å².